The Kier molecular flexibility index (Phi) is 4.38. The van der Waals surface area contributed by atoms with E-state index in [2.05, 4.69) is 20.6 Å². The second-order valence-electron chi connectivity index (χ2n) is 2.93. The maximum Gasteiger partial charge on any atom is 0.319 e. The number of urea groups is 1. The Labute approximate surface area is 96.3 Å². The van der Waals surface area contributed by atoms with E-state index in [1.165, 1.54) is 12.4 Å². The van der Waals surface area contributed by atoms with Crippen molar-refractivity contribution in [1.82, 2.24) is 15.3 Å². The van der Waals surface area contributed by atoms with Gasteiger partial charge in [-0.25, -0.2) is 14.8 Å². The first-order valence-corrected chi connectivity index (χ1v) is 4.60. The number of nitrogens with one attached hydrogen (secondary N) is 2. The fourth-order valence-electron chi connectivity index (χ4n) is 0.909. The van der Waals surface area contributed by atoms with Gasteiger partial charge in [0.15, 0.2) is 0 Å². The number of carboxylic acid groups (broad SMARTS) is 1. The Bertz CT molecular complexity index is 451. The lowest BCUT2D eigenvalue weighted by molar-refractivity contribution is -0.136. The molecular weight excluding hydrogens is 226 g/mol. The van der Waals surface area contributed by atoms with Crippen molar-refractivity contribution in [1.29, 1.82) is 5.26 Å². The molecule has 0 spiro atoms. The summed E-state index contributed by atoms with van der Waals surface area (Å²) in [5.41, 5.74) is 0.317. The van der Waals surface area contributed by atoms with E-state index in [1.807, 2.05) is 0 Å². The molecule has 17 heavy (non-hydrogen) atoms. The van der Waals surface area contributed by atoms with Crippen LogP contribution in [0.15, 0.2) is 12.4 Å². The van der Waals surface area contributed by atoms with Crippen LogP contribution in [0.3, 0.4) is 0 Å². The summed E-state index contributed by atoms with van der Waals surface area (Å²) in [6, 6.07) is 1.18. The van der Waals surface area contributed by atoms with Crippen LogP contribution in [0.4, 0.5) is 10.5 Å². The number of aliphatic carboxylic acids is 1. The monoisotopic (exact) mass is 235 g/mol. The zero-order valence-electron chi connectivity index (χ0n) is 8.67. The van der Waals surface area contributed by atoms with Crippen LogP contribution in [0, 0.1) is 11.3 Å². The van der Waals surface area contributed by atoms with Crippen LogP contribution in [-0.4, -0.2) is 33.6 Å². The maximum absolute atomic E-state index is 11.2. The lowest BCUT2D eigenvalue weighted by atomic mass is 10.4. The molecule has 0 radical (unpaired) electrons. The molecule has 2 amide bonds. The van der Waals surface area contributed by atoms with Crippen LogP contribution >= 0.6 is 0 Å². The summed E-state index contributed by atoms with van der Waals surface area (Å²) < 4.78 is 0. The average Bonchev–Trinajstić information content (AvgIpc) is 2.29. The van der Waals surface area contributed by atoms with Crippen LogP contribution in [0.5, 0.6) is 0 Å². The topological polar surface area (TPSA) is 128 Å². The third-order valence-electron chi connectivity index (χ3n) is 1.63. The third kappa shape index (κ3) is 4.57. The van der Waals surface area contributed by atoms with Crippen LogP contribution < -0.4 is 10.6 Å². The molecule has 88 valence electrons. The van der Waals surface area contributed by atoms with Gasteiger partial charge in [-0.3, -0.25) is 4.79 Å². The Morgan fingerprint density at radius 1 is 1.41 bits per heavy atom. The molecule has 8 nitrogen and oxygen atoms in total. The molecule has 0 saturated carbocycles. The highest BCUT2D eigenvalue weighted by Crippen LogP contribution is 2.01. The molecule has 0 atom stereocenters. The molecule has 1 heterocycles. The van der Waals surface area contributed by atoms with Gasteiger partial charge in [-0.15, -0.1) is 0 Å². The highest BCUT2D eigenvalue weighted by atomic mass is 16.4. The van der Waals surface area contributed by atoms with Crippen molar-refractivity contribution in [3.8, 4) is 6.07 Å². The van der Waals surface area contributed by atoms with Gasteiger partial charge in [-0.05, 0) is 0 Å². The Morgan fingerprint density at radius 2 is 2.06 bits per heavy atom. The summed E-state index contributed by atoms with van der Waals surface area (Å²) in [6.45, 7) is 0.0261. The van der Waals surface area contributed by atoms with Crippen molar-refractivity contribution >= 4 is 17.7 Å². The first-order valence-electron chi connectivity index (χ1n) is 4.60. The van der Waals surface area contributed by atoms with E-state index in [9.17, 15) is 9.59 Å². The fourth-order valence-corrected chi connectivity index (χ4v) is 0.909. The van der Waals surface area contributed by atoms with Gasteiger partial charge in [-0.2, -0.15) is 5.26 Å². The van der Waals surface area contributed by atoms with E-state index in [0.29, 0.717) is 5.69 Å². The molecule has 8 heteroatoms. The molecule has 0 fully saturated rings. The lowest BCUT2D eigenvalue weighted by Crippen LogP contribution is -2.30. The molecule has 0 aliphatic carbocycles. The largest absolute Gasteiger partial charge is 0.481 e. The van der Waals surface area contributed by atoms with Gasteiger partial charge in [0.05, 0.1) is 24.5 Å². The second kappa shape index (κ2) is 6.02. The van der Waals surface area contributed by atoms with E-state index < -0.39 is 12.0 Å². The SMILES string of the molecule is N#Cc1ncc(NC(=O)NCCC(=O)O)cn1. The van der Waals surface area contributed by atoms with E-state index in [4.69, 9.17) is 10.4 Å². The number of carbonyl (C=O) groups excluding carboxylic acids is 1. The average molecular weight is 235 g/mol. The molecule has 1 aromatic rings. The summed E-state index contributed by atoms with van der Waals surface area (Å²) in [5.74, 6) is -0.992. The maximum atomic E-state index is 11.2. The number of nitrogens with zero attached hydrogens (tertiary/aromatic N) is 3. The van der Waals surface area contributed by atoms with Gasteiger partial charge in [0.1, 0.15) is 6.07 Å². The molecule has 1 aromatic heterocycles. The van der Waals surface area contributed by atoms with Crippen LogP contribution in [0.25, 0.3) is 0 Å². The van der Waals surface area contributed by atoms with E-state index in [0.717, 1.165) is 0 Å². The van der Waals surface area contributed by atoms with Crippen molar-refractivity contribution in [2.45, 2.75) is 6.42 Å². The molecular formula is C9H9N5O3. The highest BCUT2D eigenvalue weighted by Gasteiger charge is 2.03. The van der Waals surface area contributed by atoms with Crippen molar-refractivity contribution in [3.63, 3.8) is 0 Å². The summed E-state index contributed by atoms with van der Waals surface area (Å²) in [5, 5.41) is 21.5. The summed E-state index contributed by atoms with van der Waals surface area (Å²) in [4.78, 5) is 28.7. The van der Waals surface area contributed by atoms with Gasteiger partial charge in [0.25, 0.3) is 0 Å². The molecule has 3 N–H and O–H groups in total. The number of nitriles is 1. The Hall–Kier alpha value is -2.69. The lowest BCUT2D eigenvalue weighted by Gasteiger charge is -2.05. The van der Waals surface area contributed by atoms with Crippen molar-refractivity contribution in [3.05, 3.63) is 18.2 Å². The standard InChI is InChI=1S/C9H9N5O3/c10-3-7-12-4-6(5-13-7)14-9(17)11-2-1-8(15)16/h4-5H,1-2H2,(H,15,16)(H2,11,14,17). The zero-order valence-corrected chi connectivity index (χ0v) is 8.67. The summed E-state index contributed by atoms with van der Waals surface area (Å²) >= 11 is 0. The van der Waals surface area contributed by atoms with Gasteiger partial charge in [0, 0.05) is 6.54 Å². The van der Waals surface area contributed by atoms with Gasteiger partial charge in [0.2, 0.25) is 5.82 Å². The quantitative estimate of drug-likeness (QED) is 0.670. The predicted octanol–water partition coefficient (Wildman–Crippen LogP) is -0.0555. The number of amides is 2. The van der Waals surface area contributed by atoms with Gasteiger partial charge >= 0.3 is 12.0 Å². The number of rotatable bonds is 4. The number of carboxylic acids is 1. The summed E-state index contributed by atoms with van der Waals surface area (Å²) in [7, 11) is 0. The normalized spacial score (nSPS) is 9.12. The van der Waals surface area contributed by atoms with Gasteiger partial charge < -0.3 is 15.7 Å². The number of hydrogen-bond acceptors (Lipinski definition) is 5. The number of hydrogen-bond donors (Lipinski definition) is 3. The molecule has 0 saturated heterocycles. The van der Waals surface area contributed by atoms with Gasteiger partial charge in [-0.1, -0.05) is 0 Å². The minimum absolute atomic E-state index is 0.00170. The zero-order chi connectivity index (χ0) is 12.7. The van der Waals surface area contributed by atoms with E-state index >= 15 is 0 Å². The van der Waals surface area contributed by atoms with Crippen molar-refractivity contribution in [2.24, 2.45) is 0 Å². The van der Waals surface area contributed by atoms with Crippen LogP contribution in [-0.2, 0) is 4.79 Å². The number of aromatic nitrogens is 2. The molecule has 0 unspecified atom stereocenters. The highest BCUT2D eigenvalue weighted by molar-refractivity contribution is 5.89. The molecule has 1 rings (SSSR count). The minimum Gasteiger partial charge on any atom is -0.481 e. The second-order valence-corrected chi connectivity index (χ2v) is 2.93. The van der Waals surface area contributed by atoms with Crippen molar-refractivity contribution < 1.29 is 14.7 Å². The van der Waals surface area contributed by atoms with E-state index in [-0.39, 0.29) is 18.8 Å². The number of carbonyl (C=O) groups is 2. The smallest absolute Gasteiger partial charge is 0.319 e. The van der Waals surface area contributed by atoms with Crippen molar-refractivity contribution in [2.75, 3.05) is 11.9 Å². The molecule has 0 bridgehead atoms. The third-order valence-corrected chi connectivity index (χ3v) is 1.63. The molecule has 0 aliphatic rings. The summed E-state index contributed by atoms with van der Waals surface area (Å²) in [6.07, 6.45) is 2.40. The minimum atomic E-state index is -0.994. The Morgan fingerprint density at radius 3 is 2.59 bits per heavy atom. The van der Waals surface area contributed by atoms with Crippen LogP contribution in [0.1, 0.15) is 12.2 Å². The van der Waals surface area contributed by atoms with Crippen LogP contribution in [0.2, 0.25) is 0 Å². The molecule has 0 aromatic carbocycles. The fraction of sp³-hybridized carbons (Fsp3) is 0.222. The first-order chi connectivity index (χ1) is 8.11. The van der Waals surface area contributed by atoms with E-state index in [1.54, 1.807) is 6.07 Å². The number of anilines is 1. The first kappa shape index (κ1) is 12.4. The predicted molar refractivity (Wildman–Crippen MR) is 56.0 cm³/mol. The Balaban J connectivity index is 2.40. The molecule has 0 aliphatic heterocycles.